The number of allylic oxidation sites excluding steroid dienone is 2. The number of benzene rings is 1. The first-order valence-electron chi connectivity index (χ1n) is 5.09. The Morgan fingerprint density at radius 1 is 1.33 bits per heavy atom. The average molecular weight is 240 g/mol. The molecule has 0 heterocycles. The number of esters is 1. The van der Waals surface area contributed by atoms with Crippen LogP contribution in [0.2, 0.25) is 0 Å². The summed E-state index contributed by atoms with van der Waals surface area (Å²) in [5.74, 6) is -0.390. The van der Waals surface area contributed by atoms with Gasteiger partial charge in [-0.1, -0.05) is 25.3 Å². The summed E-state index contributed by atoms with van der Waals surface area (Å²) in [5.41, 5.74) is 2.01. The van der Waals surface area contributed by atoms with E-state index < -0.39 is 5.97 Å². The molecule has 18 heavy (non-hydrogen) atoms. The standard InChI is InChI=1S/C14H12N2O2/c1-10(9-16-11(2)8-15)12-4-6-13(7-5-12)14(17)18-3/h4-7,9H,1-2H2,3H3/b16-9+. The van der Waals surface area contributed by atoms with Crippen molar-refractivity contribution in [3.05, 3.63) is 54.2 Å². The summed E-state index contributed by atoms with van der Waals surface area (Å²) in [7, 11) is 1.33. The van der Waals surface area contributed by atoms with Gasteiger partial charge in [0.2, 0.25) is 0 Å². The summed E-state index contributed by atoms with van der Waals surface area (Å²) in [6, 6.07) is 8.55. The van der Waals surface area contributed by atoms with Crippen molar-refractivity contribution in [3.63, 3.8) is 0 Å². The first-order valence-corrected chi connectivity index (χ1v) is 5.09. The van der Waals surface area contributed by atoms with Crippen molar-refractivity contribution in [2.75, 3.05) is 7.11 Å². The Morgan fingerprint density at radius 3 is 2.39 bits per heavy atom. The van der Waals surface area contributed by atoms with Gasteiger partial charge in [0.25, 0.3) is 0 Å². The molecule has 0 N–H and O–H groups in total. The van der Waals surface area contributed by atoms with Gasteiger partial charge in [0.1, 0.15) is 11.8 Å². The third-order valence-electron chi connectivity index (χ3n) is 2.18. The van der Waals surface area contributed by atoms with Gasteiger partial charge in [-0.3, -0.25) is 0 Å². The summed E-state index contributed by atoms with van der Waals surface area (Å²) >= 11 is 0. The molecule has 90 valence electrons. The van der Waals surface area contributed by atoms with Gasteiger partial charge in [-0.25, -0.2) is 9.79 Å². The summed E-state index contributed by atoms with van der Waals surface area (Å²) < 4.78 is 4.59. The van der Waals surface area contributed by atoms with Crippen molar-refractivity contribution in [1.82, 2.24) is 0 Å². The molecule has 4 heteroatoms. The highest BCUT2D eigenvalue weighted by Crippen LogP contribution is 2.12. The highest BCUT2D eigenvalue weighted by molar-refractivity contribution is 6.09. The smallest absolute Gasteiger partial charge is 0.337 e. The molecule has 0 unspecified atom stereocenters. The van der Waals surface area contributed by atoms with Gasteiger partial charge < -0.3 is 4.74 Å². The molecule has 0 amide bonds. The maximum atomic E-state index is 11.2. The summed E-state index contributed by atoms with van der Waals surface area (Å²) in [5, 5.41) is 8.50. The normalized spacial score (nSPS) is 9.78. The van der Waals surface area contributed by atoms with Crippen molar-refractivity contribution in [1.29, 1.82) is 5.26 Å². The lowest BCUT2D eigenvalue weighted by atomic mass is 10.1. The molecule has 0 saturated heterocycles. The number of carbonyl (C=O) groups is 1. The fourth-order valence-electron chi connectivity index (χ4n) is 1.20. The number of carbonyl (C=O) groups excluding carboxylic acids is 1. The number of nitriles is 1. The van der Waals surface area contributed by atoms with Crippen molar-refractivity contribution in [3.8, 4) is 6.07 Å². The van der Waals surface area contributed by atoms with Gasteiger partial charge in [0.05, 0.1) is 12.7 Å². The Morgan fingerprint density at radius 2 is 1.89 bits per heavy atom. The lowest BCUT2D eigenvalue weighted by molar-refractivity contribution is 0.0601. The van der Waals surface area contributed by atoms with E-state index in [0.29, 0.717) is 11.1 Å². The molecule has 0 aliphatic heterocycles. The van der Waals surface area contributed by atoms with Crippen LogP contribution in [0.25, 0.3) is 5.57 Å². The molecule has 0 aromatic heterocycles. The third-order valence-corrected chi connectivity index (χ3v) is 2.18. The van der Waals surface area contributed by atoms with E-state index in [0.717, 1.165) is 5.56 Å². The highest BCUT2D eigenvalue weighted by Gasteiger charge is 2.04. The van der Waals surface area contributed by atoms with Crippen molar-refractivity contribution < 1.29 is 9.53 Å². The second-order valence-corrected chi connectivity index (χ2v) is 3.41. The minimum atomic E-state index is -0.390. The number of methoxy groups -OCH3 is 1. The van der Waals surface area contributed by atoms with Crippen LogP contribution < -0.4 is 0 Å². The molecule has 0 bridgehead atoms. The Bertz CT molecular complexity index is 548. The van der Waals surface area contributed by atoms with E-state index in [2.05, 4.69) is 22.9 Å². The zero-order chi connectivity index (χ0) is 13.5. The van der Waals surface area contributed by atoms with Gasteiger partial charge >= 0.3 is 5.97 Å². The molecular formula is C14H12N2O2. The average Bonchev–Trinajstić information content (AvgIpc) is 2.43. The summed E-state index contributed by atoms with van der Waals surface area (Å²) in [6.45, 7) is 7.24. The summed E-state index contributed by atoms with van der Waals surface area (Å²) in [4.78, 5) is 15.1. The van der Waals surface area contributed by atoms with Crippen LogP contribution in [-0.4, -0.2) is 19.3 Å². The maximum Gasteiger partial charge on any atom is 0.337 e. The first-order chi connectivity index (χ1) is 8.58. The van der Waals surface area contributed by atoms with Crippen LogP contribution in [0.15, 0.2) is 48.1 Å². The molecule has 1 aromatic carbocycles. The number of ether oxygens (including phenoxy) is 1. The Kier molecular flexibility index (Phi) is 4.58. The van der Waals surface area contributed by atoms with Crippen molar-refractivity contribution >= 4 is 17.8 Å². The van der Waals surface area contributed by atoms with Gasteiger partial charge in [0.15, 0.2) is 0 Å². The zero-order valence-corrected chi connectivity index (χ0v) is 10.0. The Labute approximate surface area is 106 Å². The van der Waals surface area contributed by atoms with Gasteiger partial charge in [0, 0.05) is 6.21 Å². The van der Waals surface area contributed by atoms with E-state index in [-0.39, 0.29) is 5.70 Å². The SMILES string of the molecule is C=C(C#N)/N=C/C(=C)c1ccc(C(=O)OC)cc1. The van der Waals surface area contributed by atoms with Crippen LogP contribution in [-0.2, 0) is 4.74 Å². The molecule has 0 radical (unpaired) electrons. The highest BCUT2D eigenvalue weighted by atomic mass is 16.5. The molecule has 1 aromatic rings. The number of aliphatic imine (C=N–C) groups is 1. The predicted molar refractivity (Wildman–Crippen MR) is 70.1 cm³/mol. The monoisotopic (exact) mass is 240 g/mol. The van der Waals surface area contributed by atoms with Gasteiger partial charge in [-0.15, -0.1) is 0 Å². The molecular weight excluding hydrogens is 228 g/mol. The predicted octanol–water partition coefficient (Wildman–Crippen LogP) is 2.59. The molecule has 1 rings (SSSR count). The fourth-order valence-corrected chi connectivity index (χ4v) is 1.20. The molecule has 0 spiro atoms. The van der Waals surface area contributed by atoms with E-state index in [1.165, 1.54) is 13.3 Å². The molecule has 0 atom stereocenters. The molecule has 4 nitrogen and oxygen atoms in total. The minimum Gasteiger partial charge on any atom is -0.465 e. The van der Waals surface area contributed by atoms with Crippen LogP contribution >= 0.6 is 0 Å². The minimum absolute atomic E-state index is 0.113. The fraction of sp³-hybridized carbons (Fsp3) is 0.0714. The van der Waals surface area contributed by atoms with E-state index in [1.807, 2.05) is 6.07 Å². The third kappa shape index (κ3) is 3.42. The number of rotatable bonds is 4. The number of hydrogen-bond donors (Lipinski definition) is 0. The largest absolute Gasteiger partial charge is 0.465 e. The first kappa shape index (κ1) is 13.4. The van der Waals surface area contributed by atoms with Gasteiger partial charge in [-0.2, -0.15) is 5.26 Å². The number of nitrogens with zero attached hydrogens (tertiary/aromatic N) is 2. The van der Waals surface area contributed by atoms with Gasteiger partial charge in [-0.05, 0) is 23.3 Å². The molecule has 0 saturated carbocycles. The Balaban J connectivity index is 2.83. The molecule has 0 aliphatic carbocycles. The lowest BCUT2D eigenvalue weighted by Crippen LogP contribution is -2.00. The zero-order valence-electron chi connectivity index (χ0n) is 10.0. The van der Waals surface area contributed by atoms with Crippen LogP contribution in [0.3, 0.4) is 0 Å². The van der Waals surface area contributed by atoms with E-state index in [4.69, 9.17) is 5.26 Å². The van der Waals surface area contributed by atoms with Crippen LogP contribution in [0, 0.1) is 11.3 Å². The van der Waals surface area contributed by atoms with Crippen LogP contribution in [0.1, 0.15) is 15.9 Å². The number of hydrogen-bond acceptors (Lipinski definition) is 4. The summed E-state index contributed by atoms with van der Waals surface area (Å²) in [6.07, 6.45) is 1.46. The second-order valence-electron chi connectivity index (χ2n) is 3.41. The van der Waals surface area contributed by atoms with Crippen molar-refractivity contribution in [2.24, 2.45) is 4.99 Å². The molecule has 0 fully saturated rings. The quantitative estimate of drug-likeness (QED) is 0.461. The van der Waals surface area contributed by atoms with E-state index >= 15 is 0 Å². The van der Waals surface area contributed by atoms with Crippen LogP contribution in [0.5, 0.6) is 0 Å². The Hall–Kier alpha value is -2.67. The van der Waals surface area contributed by atoms with E-state index in [1.54, 1.807) is 24.3 Å². The molecule has 0 aliphatic rings. The van der Waals surface area contributed by atoms with E-state index in [9.17, 15) is 4.79 Å². The second kappa shape index (κ2) is 6.16. The maximum absolute atomic E-state index is 11.2. The topological polar surface area (TPSA) is 62.5 Å². The van der Waals surface area contributed by atoms with Crippen molar-refractivity contribution in [2.45, 2.75) is 0 Å². The lowest BCUT2D eigenvalue weighted by Gasteiger charge is -2.02. The van der Waals surface area contributed by atoms with Crippen LogP contribution in [0.4, 0.5) is 0 Å².